The number of rotatable bonds is 5. The summed E-state index contributed by atoms with van der Waals surface area (Å²) in [5.41, 5.74) is 4.19. The summed E-state index contributed by atoms with van der Waals surface area (Å²) >= 11 is 0. The highest BCUT2D eigenvalue weighted by Crippen LogP contribution is 2.30. The minimum atomic E-state index is -0.224. The minimum absolute atomic E-state index is 0.0583. The van der Waals surface area contributed by atoms with E-state index in [0.717, 1.165) is 35.0 Å². The molecule has 1 aliphatic rings. The lowest BCUT2D eigenvalue weighted by Gasteiger charge is -2.11. The van der Waals surface area contributed by atoms with E-state index in [1.807, 2.05) is 36.4 Å². The van der Waals surface area contributed by atoms with Crippen LogP contribution in [0.1, 0.15) is 23.2 Å². The van der Waals surface area contributed by atoms with Gasteiger partial charge in [-0.2, -0.15) is 0 Å². The highest BCUT2D eigenvalue weighted by molar-refractivity contribution is 6.13. The molecule has 31 heavy (non-hydrogen) atoms. The molecular weight excluding hydrogens is 388 g/mol. The number of benzene rings is 2. The van der Waals surface area contributed by atoms with Crippen molar-refractivity contribution in [2.75, 3.05) is 10.6 Å². The smallest absolute Gasteiger partial charge is 0.256 e. The fraction of sp³-hybridized carbons (Fsp3) is 0.120. The van der Waals surface area contributed by atoms with Crippen molar-refractivity contribution in [2.45, 2.75) is 12.8 Å². The van der Waals surface area contributed by atoms with Gasteiger partial charge in [0.15, 0.2) is 0 Å². The first-order chi connectivity index (χ1) is 15.2. The molecule has 0 atom stereocenters. The predicted octanol–water partition coefficient (Wildman–Crippen LogP) is 4.90. The van der Waals surface area contributed by atoms with Gasteiger partial charge in [-0.1, -0.05) is 18.2 Å². The lowest BCUT2D eigenvalue weighted by atomic mass is 10.0. The standard InChI is InChI=1S/C25H20N4O2/c30-24(16-7-8-16)27-18-9-11-19(12-10-18)28-25(31)21-14-23(17-4-3-13-26-15-17)29-22-6-2-1-5-20(21)22/h1-6,9-16H,7-8H2,(H,27,30)(H,28,31). The lowest BCUT2D eigenvalue weighted by molar-refractivity contribution is -0.117. The molecule has 0 unspecified atom stereocenters. The Morgan fingerprint density at radius 3 is 2.32 bits per heavy atom. The number of carbonyl (C=O) groups is 2. The Balaban J connectivity index is 1.42. The molecular formula is C25H20N4O2. The summed E-state index contributed by atoms with van der Waals surface area (Å²) in [6, 6.07) is 20.3. The highest BCUT2D eigenvalue weighted by atomic mass is 16.2. The zero-order valence-electron chi connectivity index (χ0n) is 16.7. The monoisotopic (exact) mass is 408 g/mol. The third kappa shape index (κ3) is 4.14. The summed E-state index contributed by atoms with van der Waals surface area (Å²) in [6.45, 7) is 0. The minimum Gasteiger partial charge on any atom is -0.326 e. The molecule has 1 saturated carbocycles. The molecule has 2 aromatic heterocycles. The Morgan fingerprint density at radius 1 is 0.871 bits per heavy atom. The number of hydrogen-bond donors (Lipinski definition) is 2. The molecule has 2 amide bonds. The van der Waals surface area contributed by atoms with Crippen LogP contribution in [-0.4, -0.2) is 21.8 Å². The molecule has 1 aliphatic carbocycles. The number of nitrogens with one attached hydrogen (secondary N) is 2. The SMILES string of the molecule is O=C(Nc1ccc(NC(=O)C2CC2)cc1)c1cc(-c2cccnc2)nc2ccccc12. The second kappa shape index (κ2) is 7.99. The van der Waals surface area contributed by atoms with Gasteiger partial charge in [-0.15, -0.1) is 0 Å². The van der Waals surface area contributed by atoms with Gasteiger partial charge in [-0.05, 0) is 61.4 Å². The molecule has 0 spiro atoms. The third-order valence-corrected chi connectivity index (χ3v) is 5.28. The maximum Gasteiger partial charge on any atom is 0.256 e. The molecule has 1 fully saturated rings. The van der Waals surface area contributed by atoms with E-state index in [2.05, 4.69) is 15.6 Å². The number of fused-ring (bicyclic) bond motifs is 1. The summed E-state index contributed by atoms with van der Waals surface area (Å²) in [5, 5.41) is 6.63. The first kappa shape index (κ1) is 18.9. The van der Waals surface area contributed by atoms with Crippen LogP contribution in [0.4, 0.5) is 11.4 Å². The first-order valence-corrected chi connectivity index (χ1v) is 10.2. The molecule has 4 aromatic rings. The van der Waals surface area contributed by atoms with Gasteiger partial charge in [-0.3, -0.25) is 14.6 Å². The summed E-state index contributed by atoms with van der Waals surface area (Å²) in [5.74, 6) is -0.0187. The van der Waals surface area contributed by atoms with Crippen molar-refractivity contribution in [1.29, 1.82) is 0 Å². The van der Waals surface area contributed by atoms with Crippen LogP contribution in [0.25, 0.3) is 22.2 Å². The second-order valence-corrected chi connectivity index (χ2v) is 7.61. The Kier molecular flexibility index (Phi) is 4.88. The molecule has 0 saturated heterocycles. The fourth-order valence-electron chi connectivity index (χ4n) is 3.45. The largest absolute Gasteiger partial charge is 0.326 e. The predicted molar refractivity (Wildman–Crippen MR) is 121 cm³/mol. The van der Waals surface area contributed by atoms with E-state index in [-0.39, 0.29) is 17.7 Å². The van der Waals surface area contributed by atoms with Crippen LogP contribution in [0.15, 0.2) is 79.1 Å². The van der Waals surface area contributed by atoms with E-state index in [4.69, 9.17) is 4.98 Å². The summed E-state index contributed by atoms with van der Waals surface area (Å²) in [7, 11) is 0. The Bertz CT molecular complexity index is 1270. The van der Waals surface area contributed by atoms with Crippen molar-refractivity contribution >= 4 is 34.1 Å². The van der Waals surface area contributed by atoms with Crippen LogP contribution >= 0.6 is 0 Å². The molecule has 2 N–H and O–H groups in total. The lowest BCUT2D eigenvalue weighted by Crippen LogP contribution is -2.14. The van der Waals surface area contributed by atoms with Crippen LogP contribution in [0.2, 0.25) is 0 Å². The van der Waals surface area contributed by atoms with Gasteiger partial charge >= 0.3 is 0 Å². The maximum absolute atomic E-state index is 13.1. The van der Waals surface area contributed by atoms with Crippen molar-refractivity contribution in [2.24, 2.45) is 5.92 Å². The van der Waals surface area contributed by atoms with Crippen molar-refractivity contribution < 1.29 is 9.59 Å². The fourth-order valence-corrected chi connectivity index (χ4v) is 3.45. The summed E-state index contributed by atoms with van der Waals surface area (Å²) < 4.78 is 0. The van der Waals surface area contributed by atoms with Gasteiger partial charge in [0, 0.05) is 40.6 Å². The second-order valence-electron chi connectivity index (χ2n) is 7.61. The highest BCUT2D eigenvalue weighted by Gasteiger charge is 2.29. The molecule has 6 heteroatoms. The molecule has 5 rings (SSSR count). The number of para-hydroxylation sites is 1. The zero-order chi connectivity index (χ0) is 21.2. The average molecular weight is 408 g/mol. The van der Waals surface area contributed by atoms with Gasteiger partial charge in [0.05, 0.1) is 16.8 Å². The average Bonchev–Trinajstić information content (AvgIpc) is 3.66. The number of nitrogens with zero attached hydrogens (tertiary/aromatic N) is 2. The van der Waals surface area contributed by atoms with Crippen LogP contribution in [0.3, 0.4) is 0 Å². The molecule has 152 valence electrons. The van der Waals surface area contributed by atoms with E-state index in [0.29, 0.717) is 16.9 Å². The van der Waals surface area contributed by atoms with Gasteiger partial charge < -0.3 is 10.6 Å². The summed E-state index contributed by atoms with van der Waals surface area (Å²) in [6.07, 6.45) is 5.35. The maximum atomic E-state index is 13.1. The molecule has 6 nitrogen and oxygen atoms in total. The molecule has 0 bridgehead atoms. The number of anilines is 2. The normalized spacial score (nSPS) is 13.0. The van der Waals surface area contributed by atoms with Gasteiger partial charge in [0.2, 0.25) is 5.91 Å². The van der Waals surface area contributed by atoms with Gasteiger partial charge in [0.25, 0.3) is 5.91 Å². The van der Waals surface area contributed by atoms with Crippen LogP contribution < -0.4 is 10.6 Å². The topological polar surface area (TPSA) is 84.0 Å². The van der Waals surface area contributed by atoms with Crippen LogP contribution in [-0.2, 0) is 4.79 Å². The number of carbonyl (C=O) groups excluding carboxylic acids is 2. The third-order valence-electron chi connectivity index (χ3n) is 5.28. The van der Waals surface area contributed by atoms with Crippen molar-refractivity contribution in [3.05, 3.63) is 84.7 Å². The molecule has 2 aromatic carbocycles. The Labute approximate surface area is 179 Å². The number of amides is 2. The number of pyridine rings is 2. The number of aromatic nitrogens is 2. The quantitative estimate of drug-likeness (QED) is 0.492. The van der Waals surface area contributed by atoms with Gasteiger partial charge in [-0.25, -0.2) is 4.98 Å². The Hall–Kier alpha value is -4.06. The zero-order valence-corrected chi connectivity index (χ0v) is 16.7. The first-order valence-electron chi connectivity index (χ1n) is 10.2. The van der Waals surface area contributed by atoms with Crippen molar-refractivity contribution in [3.8, 4) is 11.3 Å². The number of hydrogen-bond acceptors (Lipinski definition) is 4. The van der Waals surface area contributed by atoms with Crippen molar-refractivity contribution in [3.63, 3.8) is 0 Å². The molecule has 2 heterocycles. The Morgan fingerprint density at radius 2 is 1.61 bits per heavy atom. The molecule has 0 radical (unpaired) electrons. The van der Waals surface area contributed by atoms with E-state index in [1.165, 1.54) is 0 Å². The molecule has 0 aliphatic heterocycles. The van der Waals surface area contributed by atoms with Crippen LogP contribution in [0.5, 0.6) is 0 Å². The van der Waals surface area contributed by atoms with E-state index in [9.17, 15) is 9.59 Å². The van der Waals surface area contributed by atoms with Gasteiger partial charge in [0.1, 0.15) is 0 Å². The van der Waals surface area contributed by atoms with E-state index in [1.54, 1.807) is 42.7 Å². The van der Waals surface area contributed by atoms with E-state index < -0.39 is 0 Å². The van der Waals surface area contributed by atoms with Crippen LogP contribution in [0, 0.1) is 5.92 Å². The van der Waals surface area contributed by atoms with E-state index >= 15 is 0 Å². The van der Waals surface area contributed by atoms with Crippen molar-refractivity contribution in [1.82, 2.24) is 9.97 Å². The summed E-state index contributed by atoms with van der Waals surface area (Å²) in [4.78, 5) is 33.9.